The van der Waals surface area contributed by atoms with E-state index in [1.54, 1.807) is 13.0 Å². The van der Waals surface area contributed by atoms with E-state index >= 15 is 0 Å². The van der Waals surface area contributed by atoms with Crippen molar-refractivity contribution in [3.63, 3.8) is 0 Å². The van der Waals surface area contributed by atoms with E-state index < -0.39 is 0 Å². The molecule has 1 aromatic rings. The lowest BCUT2D eigenvalue weighted by Gasteiger charge is -2.04. The third-order valence-corrected chi connectivity index (χ3v) is 1.40. The van der Waals surface area contributed by atoms with Crippen LogP contribution in [0.25, 0.3) is 0 Å². The van der Waals surface area contributed by atoms with Crippen molar-refractivity contribution in [3.8, 4) is 5.75 Å². The van der Waals surface area contributed by atoms with Crippen LogP contribution in [-0.2, 0) is 0 Å². The average Bonchev–Trinajstić information content (AvgIpc) is 1.99. The first-order chi connectivity index (χ1) is 5.25. The highest BCUT2D eigenvalue weighted by atomic mass is 19.1. The molecule has 0 aliphatic heterocycles. The fraction of sp³-hybridized carbons (Fsp3) is 0.143. The molecule has 2 nitrogen and oxygen atoms in total. The Bertz CT molecular complexity index is 252. The summed E-state index contributed by atoms with van der Waals surface area (Å²) in [6.07, 6.45) is 0. The predicted molar refractivity (Wildman–Crippen MR) is 39.7 cm³/mol. The normalized spacial score (nSPS) is 9.36. The van der Waals surface area contributed by atoms with Crippen molar-refractivity contribution in [1.29, 1.82) is 0 Å². The van der Waals surface area contributed by atoms with Crippen molar-refractivity contribution >= 4 is 7.69 Å². The minimum absolute atomic E-state index is 0.326. The van der Waals surface area contributed by atoms with E-state index in [0.29, 0.717) is 19.0 Å². The second-order valence-corrected chi connectivity index (χ2v) is 2.09. The summed E-state index contributed by atoms with van der Waals surface area (Å²) < 4.78 is 17.3. The molecule has 11 heavy (non-hydrogen) atoms. The van der Waals surface area contributed by atoms with Gasteiger partial charge in [-0.25, -0.2) is 4.39 Å². The number of rotatable bonds is 2. The first kappa shape index (κ1) is 8.08. The highest BCUT2D eigenvalue weighted by molar-refractivity contribution is 6.17. The molecule has 0 saturated carbocycles. The summed E-state index contributed by atoms with van der Waals surface area (Å²) in [5, 5.41) is 8.27. The van der Waals surface area contributed by atoms with Gasteiger partial charge in [-0.3, -0.25) is 0 Å². The Kier molecular flexibility index (Phi) is 2.49. The topological polar surface area (TPSA) is 29.5 Å². The van der Waals surface area contributed by atoms with Crippen LogP contribution in [0, 0.1) is 12.7 Å². The van der Waals surface area contributed by atoms with Gasteiger partial charge >= 0.3 is 7.69 Å². The van der Waals surface area contributed by atoms with E-state index in [1.807, 2.05) is 0 Å². The molecule has 0 aliphatic carbocycles. The first-order valence-corrected chi connectivity index (χ1v) is 3.13. The van der Waals surface area contributed by atoms with Gasteiger partial charge < -0.3 is 9.68 Å². The fourth-order valence-electron chi connectivity index (χ4n) is 0.772. The van der Waals surface area contributed by atoms with Gasteiger partial charge in [0, 0.05) is 5.56 Å². The van der Waals surface area contributed by atoms with Crippen molar-refractivity contribution in [1.82, 2.24) is 0 Å². The van der Waals surface area contributed by atoms with Crippen LogP contribution < -0.4 is 4.65 Å². The summed E-state index contributed by atoms with van der Waals surface area (Å²) in [5.74, 6) is -0.0168. The molecular formula is C7H7BFO2. The average molecular weight is 153 g/mol. The van der Waals surface area contributed by atoms with E-state index in [2.05, 4.69) is 4.65 Å². The molecule has 0 aliphatic rings. The van der Waals surface area contributed by atoms with Crippen molar-refractivity contribution in [3.05, 3.63) is 29.6 Å². The van der Waals surface area contributed by atoms with Crippen LogP contribution in [0.2, 0.25) is 0 Å². The molecule has 4 heteroatoms. The lowest BCUT2D eigenvalue weighted by molar-refractivity contribution is 0.448. The minimum atomic E-state index is -0.343. The van der Waals surface area contributed by atoms with E-state index in [4.69, 9.17) is 5.02 Å². The van der Waals surface area contributed by atoms with Gasteiger partial charge in [-0.05, 0) is 19.1 Å². The van der Waals surface area contributed by atoms with Gasteiger partial charge in [0.1, 0.15) is 11.6 Å². The molecule has 0 unspecified atom stereocenters. The van der Waals surface area contributed by atoms with Crippen LogP contribution in [0.4, 0.5) is 4.39 Å². The maximum Gasteiger partial charge on any atom is 0.569 e. The second kappa shape index (κ2) is 3.39. The Hall–Kier alpha value is -1.03. The Labute approximate surface area is 64.9 Å². The molecule has 1 rings (SSSR count). The summed E-state index contributed by atoms with van der Waals surface area (Å²) in [6.45, 7) is 1.58. The molecule has 1 radical (unpaired) electrons. The largest absolute Gasteiger partial charge is 0.569 e. The highest BCUT2D eigenvalue weighted by Crippen LogP contribution is 2.18. The molecule has 0 bridgehead atoms. The molecule has 0 atom stereocenters. The lowest BCUT2D eigenvalue weighted by Crippen LogP contribution is -2.01. The zero-order chi connectivity index (χ0) is 8.27. The van der Waals surface area contributed by atoms with Crippen LogP contribution in [0.3, 0.4) is 0 Å². The predicted octanol–water partition coefficient (Wildman–Crippen LogP) is 1.04. The third kappa shape index (κ3) is 1.71. The van der Waals surface area contributed by atoms with Crippen molar-refractivity contribution in [2.45, 2.75) is 6.92 Å². The number of benzene rings is 1. The van der Waals surface area contributed by atoms with Crippen LogP contribution in [0.15, 0.2) is 18.2 Å². The van der Waals surface area contributed by atoms with Gasteiger partial charge in [-0.15, -0.1) is 0 Å². The quantitative estimate of drug-likeness (QED) is 0.643. The summed E-state index contributed by atoms with van der Waals surface area (Å²) >= 11 is 0. The van der Waals surface area contributed by atoms with E-state index in [-0.39, 0.29) is 5.82 Å². The van der Waals surface area contributed by atoms with E-state index in [9.17, 15) is 4.39 Å². The molecule has 0 aromatic heterocycles. The van der Waals surface area contributed by atoms with Gasteiger partial charge in [-0.2, -0.15) is 0 Å². The molecule has 0 fully saturated rings. The zero-order valence-corrected chi connectivity index (χ0v) is 6.04. The van der Waals surface area contributed by atoms with Gasteiger partial charge in [0.25, 0.3) is 0 Å². The van der Waals surface area contributed by atoms with Gasteiger partial charge in [0.2, 0.25) is 0 Å². The summed E-state index contributed by atoms with van der Waals surface area (Å²) in [5.41, 5.74) is 0.387. The molecule has 0 spiro atoms. The monoisotopic (exact) mass is 153 g/mol. The van der Waals surface area contributed by atoms with E-state index in [1.165, 1.54) is 12.1 Å². The second-order valence-electron chi connectivity index (χ2n) is 2.09. The maximum absolute atomic E-state index is 12.7. The third-order valence-electron chi connectivity index (χ3n) is 1.40. The SMILES string of the molecule is Cc1c(F)cccc1O[B]O. The highest BCUT2D eigenvalue weighted by Gasteiger charge is 2.03. The number of halogens is 1. The zero-order valence-electron chi connectivity index (χ0n) is 6.04. The Balaban J connectivity index is 2.96. The summed E-state index contributed by atoms with van der Waals surface area (Å²) in [6, 6.07) is 4.42. The molecule has 0 heterocycles. The van der Waals surface area contributed by atoms with Gasteiger partial charge in [-0.1, -0.05) is 6.07 Å². The van der Waals surface area contributed by atoms with Crippen LogP contribution >= 0.6 is 0 Å². The summed E-state index contributed by atoms with van der Waals surface area (Å²) in [7, 11) is 0.530. The van der Waals surface area contributed by atoms with Crippen molar-refractivity contribution in [2.24, 2.45) is 0 Å². The lowest BCUT2D eigenvalue weighted by atomic mass is 10.2. The Morgan fingerprint density at radius 2 is 2.27 bits per heavy atom. The Morgan fingerprint density at radius 3 is 2.91 bits per heavy atom. The number of hydrogen-bond donors (Lipinski definition) is 1. The molecule has 0 saturated heterocycles. The molecule has 0 amide bonds. The minimum Gasteiger partial charge on any atom is -0.537 e. The van der Waals surface area contributed by atoms with Gasteiger partial charge in [0.05, 0.1) is 0 Å². The van der Waals surface area contributed by atoms with Crippen LogP contribution in [0.5, 0.6) is 5.75 Å². The molecule has 57 valence electrons. The van der Waals surface area contributed by atoms with Gasteiger partial charge in [0.15, 0.2) is 0 Å². The molecular weight excluding hydrogens is 146 g/mol. The first-order valence-electron chi connectivity index (χ1n) is 3.13. The number of hydrogen-bond acceptors (Lipinski definition) is 2. The molecule has 1 aromatic carbocycles. The smallest absolute Gasteiger partial charge is 0.537 e. The van der Waals surface area contributed by atoms with Crippen LogP contribution in [-0.4, -0.2) is 12.7 Å². The van der Waals surface area contributed by atoms with E-state index in [0.717, 1.165) is 0 Å². The molecule has 1 N–H and O–H groups in total. The standard InChI is InChI=1S/C7H7BFO2/c1-5-6(9)3-2-4-7(5)11-8-10/h2-4,10H,1H3. The van der Waals surface area contributed by atoms with Crippen LogP contribution in [0.1, 0.15) is 5.56 Å². The fourth-order valence-corrected chi connectivity index (χ4v) is 0.772. The Morgan fingerprint density at radius 1 is 1.55 bits per heavy atom. The summed E-state index contributed by atoms with van der Waals surface area (Å²) in [4.78, 5) is 0. The van der Waals surface area contributed by atoms with Crippen molar-refractivity contribution < 1.29 is 14.1 Å². The maximum atomic E-state index is 12.7. The van der Waals surface area contributed by atoms with Crippen molar-refractivity contribution in [2.75, 3.05) is 0 Å².